The summed E-state index contributed by atoms with van der Waals surface area (Å²) in [7, 11) is 1.58. The molecule has 2 saturated heterocycles. The minimum Gasteiger partial charge on any atom is -0.396 e. The Morgan fingerprint density at radius 3 is 1.48 bits per heavy atom. The van der Waals surface area contributed by atoms with Gasteiger partial charge < -0.3 is 90.9 Å². The number of unbranched alkanes of at least 4 members (excludes halogenated alkanes) is 4. The summed E-state index contributed by atoms with van der Waals surface area (Å²) in [4.78, 5) is 50.5. The molecule has 0 saturated carbocycles. The number of methoxy groups -OCH3 is 1. The first-order valence-electron chi connectivity index (χ1n) is 22.3. The monoisotopic (exact) mass is 913 g/mol. The molecule has 368 valence electrons. The lowest BCUT2D eigenvalue weighted by Gasteiger charge is -2.39. The van der Waals surface area contributed by atoms with Gasteiger partial charge in [-0.2, -0.15) is 0 Å². The van der Waals surface area contributed by atoms with Crippen LogP contribution in [0, 0.1) is 5.92 Å². The number of carbonyl (C=O) groups is 4. The van der Waals surface area contributed by atoms with Crippen molar-refractivity contribution in [1.82, 2.24) is 21.3 Å². The molecule has 0 radical (unpaired) electrons. The minimum atomic E-state index is -1.54. The van der Waals surface area contributed by atoms with Crippen molar-refractivity contribution < 1.29 is 88.8 Å². The van der Waals surface area contributed by atoms with Crippen molar-refractivity contribution in [3.8, 4) is 0 Å². The Kier molecular flexibility index (Phi) is 29.5. The molecule has 22 heteroatoms. The van der Waals surface area contributed by atoms with Crippen LogP contribution >= 0.6 is 0 Å². The van der Waals surface area contributed by atoms with E-state index in [9.17, 15) is 65.1 Å². The van der Waals surface area contributed by atoms with E-state index in [1.165, 1.54) is 0 Å². The average molecular weight is 913 g/mol. The average Bonchev–Trinajstić information content (AvgIpc) is 3.26. The van der Waals surface area contributed by atoms with Crippen LogP contribution in [0.2, 0.25) is 0 Å². The standard InChI is InChI=1S/C41H76N4O18/c1-59-25-26(22-46)11-2-6-17-44-33(52)21-27(12-3-7-16-42-30(49)13-4-8-19-60-40-38(57)36(55)34(53)28(23-47)62-40)45-32(51)15-10-18-43-31(50)14-5-9-20-61-41-39(58)37(56)35(54)29(24-48)63-41/h26-29,34-41,46-48,53-58H,2-25H2,1H3,(H,42,49)(H,43,50)(H,44,52)(H,45,51)/t26?,27-,28?,29?,34+,35+,36-,37-,38?,39?,40+,41+/m0/s1. The number of nitrogens with one attached hydrogen (secondary N) is 4. The van der Waals surface area contributed by atoms with E-state index in [-0.39, 0.29) is 81.6 Å². The molecule has 2 rings (SSSR count). The number of carbonyl (C=O) groups excluding carboxylic acids is 4. The Bertz CT molecular complexity index is 1270. The van der Waals surface area contributed by atoms with Gasteiger partial charge in [-0.1, -0.05) is 6.42 Å². The summed E-state index contributed by atoms with van der Waals surface area (Å²) in [5.41, 5.74) is 0. The molecule has 2 fully saturated rings. The predicted octanol–water partition coefficient (Wildman–Crippen LogP) is -3.44. The largest absolute Gasteiger partial charge is 0.396 e. The molecule has 0 aromatic rings. The van der Waals surface area contributed by atoms with Gasteiger partial charge in [0.25, 0.3) is 0 Å². The van der Waals surface area contributed by atoms with Gasteiger partial charge in [-0.25, -0.2) is 0 Å². The van der Waals surface area contributed by atoms with E-state index in [4.69, 9.17) is 23.7 Å². The molecule has 12 atom stereocenters. The van der Waals surface area contributed by atoms with Gasteiger partial charge in [0, 0.05) is 84.2 Å². The number of ether oxygens (including phenoxy) is 5. The van der Waals surface area contributed by atoms with Crippen LogP contribution in [-0.4, -0.2) is 203 Å². The van der Waals surface area contributed by atoms with Crippen molar-refractivity contribution in [2.24, 2.45) is 5.92 Å². The van der Waals surface area contributed by atoms with Gasteiger partial charge in [0.1, 0.15) is 48.8 Å². The van der Waals surface area contributed by atoms with Gasteiger partial charge >= 0.3 is 0 Å². The van der Waals surface area contributed by atoms with E-state index < -0.39 is 80.7 Å². The molecular formula is C41H76N4O18. The Balaban J connectivity index is 1.68. The molecule has 2 aliphatic rings. The highest BCUT2D eigenvalue weighted by Crippen LogP contribution is 2.23. The van der Waals surface area contributed by atoms with Gasteiger partial charge in [-0.05, 0) is 64.2 Å². The van der Waals surface area contributed by atoms with Crippen LogP contribution in [0.4, 0.5) is 0 Å². The zero-order chi connectivity index (χ0) is 46.6. The topological polar surface area (TPSA) is 345 Å². The summed E-state index contributed by atoms with van der Waals surface area (Å²) < 4.78 is 26.6. The quantitative estimate of drug-likeness (QED) is 0.0279. The zero-order valence-corrected chi connectivity index (χ0v) is 36.6. The third kappa shape index (κ3) is 22.4. The molecule has 0 aliphatic carbocycles. The highest BCUT2D eigenvalue weighted by atomic mass is 16.7. The second kappa shape index (κ2) is 32.9. The molecule has 5 unspecified atom stereocenters. The Morgan fingerprint density at radius 2 is 1.00 bits per heavy atom. The molecule has 13 N–H and O–H groups in total. The van der Waals surface area contributed by atoms with Gasteiger partial charge in [0.15, 0.2) is 12.6 Å². The SMILES string of the molecule is COCC(CO)CCCCNC(=O)C[C@H](CCCCNC(=O)CCCCO[C@@H]1OC(CO)[C@@H](O)[C@H](O)C1O)NC(=O)CCCNC(=O)CCCCO[C@@H]1OC(CO)[C@@H](O)[C@H](O)C1O. The van der Waals surface area contributed by atoms with Crippen LogP contribution < -0.4 is 21.3 Å². The fourth-order valence-electron chi connectivity index (χ4n) is 7.05. The van der Waals surface area contributed by atoms with Crippen LogP contribution in [0.25, 0.3) is 0 Å². The molecule has 4 amide bonds. The van der Waals surface area contributed by atoms with E-state index >= 15 is 0 Å². The highest BCUT2D eigenvalue weighted by Gasteiger charge is 2.45. The molecule has 22 nitrogen and oxygen atoms in total. The molecule has 0 bridgehead atoms. The lowest BCUT2D eigenvalue weighted by atomic mass is 9.99. The van der Waals surface area contributed by atoms with Crippen molar-refractivity contribution >= 4 is 23.6 Å². The third-order valence-electron chi connectivity index (χ3n) is 10.9. The van der Waals surface area contributed by atoms with Crippen molar-refractivity contribution in [2.75, 3.05) is 66.4 Å². The number of hydrogen-bond donors (Lipinski definition) is 13. The first-order chi connectivity index (χ1) is 30.3. The van der Waals surface area contributed by atoms with E-state index in [1.807, 2.05) is 0 Å². The van der Waals surface area contributed by atoms with Crippen molar-refractivity contribution in [1.29, 1.82) is 0 Å². The molecule has 0 spiro atoms. The summed E-state index contributed by atoms with van der Waals surface area (Å²) in [5.74, 6) is -0.851. The lowest BCUT2D eigenvalue weighted by molar-refractivity contribution is -0.301. The lowest BCUT2D eigenvalue weighted by Crippen LogP contribution is -2.59. The number of aliphatic hydroxyl groups excluding tert-OH is 9. The summed E-state index contributed by atoms with van der Waals surface area (Å²) in [6, 6.07) is -0.461. The Labute approximate surface area is 369 Å². The summed E-state index contributed by atoms with van der Waals surface area (Å²) in [5, 5.41) is 99.1. The van der Waals surface area contributed by atoms with Crippen molar-refractivity contribution in [3.63, 3.8) is 0 Å². The van der Waals surface area contributed by atoms with Gasteiger partial charge in [-0.15, -0.1) is 0 Å². The number of rotatable bonds is 34. The first kappa shape index (κ1) is 56.4. The smallest absolute Gasteiger partial charge is 0.222 e. The predicted molar refractivity (Wildman–Crippen MR) is 222 cm³/mol. The maximum Gasteiger partial charge on any atom is 0.222 e. The summed E-state index contributed by atoms with van der Waals surface area (Å²) in [6.07, 6.45) is -6.94. The normalized spacial score (nSPS) is 27.0. The zero-order valence-electron chi connectivity index (χ0n) is 36.6. The summed E-state index contributed by atoms with van der Waals surface area (Å²) >= 11 is 0. The summed E-state index contributed by atoms with van der Waals surface area (Å²) in [6.45, 7) is 0.658. The number of amides is 4. The molecule has 0 aromatic carbocycles. The highest BCUT2D eigenvalue weighted by molar-refractivity contribution is 5.80. The second-order valence-electron chi connectivity index (χ2n) is 16.2. The maximum absolute atomic E-state index is 12.9. The van der Waals surface area contributed by atoms with Crippen LogP contribution in [0.15, 0.2) is 0 Å². The van der Waals surface area contributed by atoms with E-state index in [2.05, 4.69) is 21.3 Å². The van der Waals surface area contributed by atoms with Crippen LogP contribution in [0.1, 0.15) is 96.3 Å². The maximum atomic E-state index is 12.9. The van der Waals surface area contributed by atoms with E-state index in [0.29, 0.717) is 71.1 Å². The van der Waals surface area contributed by atoms with Crippen molar-refractivity contribution in [3.05, 3.63) is 0 Å². The first-order valence-corrected chi connectivity index (χ1v) is 22.3. The Hall–Kier alpha value is -2.68. The minimum absolute atomic E-state index is 0.0273. The Morgan fingerprint density at radius 1 is 0.540 bits per heavy atom. The van der Waals surface area contributed by atoms with Crippen LogP contribution in [0.5, 0.6) is 0 Å². The molecule has 2 heterocycles. The van der Waals surface area contributed by atoms with Crippen molar-refractivity contribution in [2.45, 2.75) is 164 Å². The fraction of sp³-hybridized carbons (Fsp3) is 0.902. The third-order valence-corrected chi connectivity index (χ3v) is 10.9. The molecular weight excluding hydrogens is 836 g/mol. The van der Waals surface area contributed by atoms with E-state index in [1.54, 1.807) is 7.11 Å². The molecule has 63 heavy (non-hydrogen) atoms. The van der Waals surface area contributed by atoms with Crippen LogP contribution in [0.3, 0.4) is 0 Å². The van der Waals surface area contributed by atoms with Gasteiger partial charge in [0.2, 0.25) is 23.6 Å². The number of aliphatic hydroxyl groups is 9. The fourth-order valence-corrected chi connectivity index (χ4v) is 7.05. The number of hydrogen-bond acceptors (Lipinski definition) is 18. The molecule has 2 aliphatic heterocycles. The van der Waals surface area contributed by atoms with E-state index in [0.717, 1.165) is 19.3 Å². The second-order valence-corrected chi connectivity index (χ2v) is 16.2. The van der Waals surface area contributed by atoms with Gasteiger partial charge in [-0.3, -0.25) is 19.2 Å². The molecule has 0 aromatic heterocycles. The van der Waals surface area contributed by atoms with Gasteiger partial charge in [0.05, 0.1) is 19.8 Å². The van der Waals surface area contributed by atoms with Crippen LogP contribution in [-0.2, 0) is 42.9 Å².